The second-order valence-corrected chi connectivity index (χ2v) is 3.44. The number of hydrogen-bond acceptors (Lipinski definition) is 2. The molecule has 1 rings (SSSR count). The Bertz CT molecular complexity index is 503. The molecule has 0 bridgehead atoms. The SMILES string of the molecule is C#Cc1cc(Cl)cc(C(=O)O)c1NC(C)=O. The molecule has 0 aliphatic carbocycles. The number of carbonyl (C=O) groups excluding carboxylic acids is 1. The average molecular weight is 238 g/mol. The van der Waals surface area contributed by atoms with Gasteiger partial charge in [-0.1, -0.05) is 17.5 Å². The number of amides is 1. The molecule has 0 fully saturated rings. The zero-order valence-corrected chi connectivity index (χ0v) is 9.13. The zero-order valence-electron chi connectivity index (χ0n) is 8.37. The lowest BCUT2D eigenvalue weighted by Crippen LogP contribution is -2.12. The maximum atomic E-state index is 10.9. The van der Waals surface area contributed by atoms with E-state index in [4.69, 9.17) is 23.1 Å². The van der Waals surface area contributed by atoms with Crippen LogP contribution in [0, 0.1) is 12.3 Å². The monoisotopic (exact) mass is 237 g/mol. The molecule has 0 unspecified atom stereocenters. The highest BCUT2D eigenvalue weighted by Gasteiger charge is 2.15. The summed E-state index contributed by atoms with van der Waals surface area (Å²) in [7, 11) is 0. The van der Waals surface area contributed by atoms with E-state index in [1.807, 2.05) is 0 Å². The van der Waals surface area contributed by atoms with Gasteiger partial charge in [-0.05, 0) is 12.1 Å². The van der Waals surface area contributed by atoms with Crippen LogP contribution in [0.4, 0.5) is 5.69 Å². The Morgan fingerprint density at radius 3 is 2.56 bits per heavy atom. The van der Waals surface area contributed by atoms with Crippen LogP contribution in [0.1, 0.15) is 22.8 Å². The van der Waals surface area contributed by atoms with E-state index in [-0.39, 0.29) is 21.8 Å². The van der Waals surface area contributed by atoms with Crippen molar-refractivity contribution >= 4 is 29.2 Å². The molecule has 0 aliphatic rings. The minimum atomic E-state index is -1.21. The van der Waals surface area contributed by atoms with Crippen LogP contribution in [-0.2, 0) is 4.79 Å². The second kappa shape index (κ2) is 4.69. The van der Waals surface area contributed by atoms with Crippen LogP contribution in [0.2, 0.25) is 5.02 Å². The third-order valence-electron chi connectivity index (χ3n) is 1.79. The third-order valence-corrected chi connectivity index (χ3v) is 2.01. The maximum absolute atomic E-state index is 10.9. The van der Waals surface area contributed by atoms with Crippen molar-refractivity contribution in [1.82, 2.24) is 0 Å². The number of rotatable bonds is 2. The van der Waals surface area contributed by atoms with E-state index in [9.17, 15) is 9.59 Å². The Kier molecular flexibility index (Phi) is 3.54. The number of terminal acetylenes is 1. The summed E-state index contributed by atoms with van der Waals surface area (Å²) < 4.78 is 0. The summed E-state index contributed by atoms with van der Waals surface area (Å²) in [6.07, 6.45) is 5.21. The number of carboxylic acid groups (broad SMARTS) is 1. The van der Waals surface area contributed by atoms with Crippen LogP contribution in [-0.4, -0.2) is 17.0 Å². The number of halogens is 1. The van der Waals surface area contributed by atoms with Crippen LogP contribution in [0.15, 0.2) is 12.1 Å². The second-order valence-electron chi connectivity index (χ2n) is 3.01. The van der Waals surface area contributed by atoms with Gasteiger partial charge in [0.25, 0.3) is 0 Å². The topological polar surface area (TPSA) is 66.4 Å². The van der Waals surface area contributed by atoms with Crippen LogP contribution in [0.3, 0.4) is 0 Å². The molecular formula is C11H8ClNO3. The third kappa shape index (κ3) is 2.53. The van der Waals surface area contributed by atoms with Crippen molar-refractivity contribution < 1.29 is 14.7 Å². The van der Waals surface area contributed by atoms with Crippen LogP contribution in [0.5, 0.6) is 0 Å². The minimum Gasteiger partial charge on any atom is -0.478 e. The highest BCUT2D eigenvalue weighted by Crippen LogP contribution is 2.25. The molecule has 0 radical (unpaired) electrons. The lowest BCUT2D eigenvalue weighted by molar-refractivity contribution is -0.114. The van der Waals surface area contributed by atoms with Gasteiger partial charge in [0.1, 0.15) is 0 Å². The first-order valence-electron chi connectivity index (χ1n) is 4.26. The number of hydrogen-bond donors (Lipinski definition) is 2. The normalized spacial score (nSPS) is 9.31. The van der Waals surface area contributed by atoms with Crippen LogP contribution >= 0.6 is 11.6 Å². The van der Waals surface area contributed by atoms with Gasteiger partial charge in [-0.3, -0.25) is 4.79 Å². The molecule has 0 saturated heterocycles. The van der Waals surface area contributed by atoms with E-state index in [1.54, 1.807) is 0 Å². The molecule has 0 atom stereocenters. The van der Waals surface area contributed by atoms with Gasteiger partial charge in [0.15, 0.2) is 0 Å². The summed E-state index contributed by atoms with van der Waals surface area (Å²) in [5.41, 5.74) is 0.197. The molecule has 1 aromatic carbocycles. The number of anilines is 1. The molecule has 16 heavy (non-hydrogen) atoms. The molecular weight excluding hydrogens is 230 g/mol. The van der Waals surface area contributed by atoms with Gasteiger partial charge in [-0.25, -0.2) is 4.79 Å². The highest BCUT2D eigenvalue weighted by molar-refractivity contribution is 6.31. The smallest absolute Gasteiger partial charge is 0.337 e. The quantitative estimate of drug-likeness (QED) is 0.773. The summed E-state index contributed by atoms with van der Waals surface area (Å²) in [6, 6.07) is 2.65. The lowest BCUT2D eigenvalue weighted by atomic mass is 10.1. The molecule has 0 spiro atoms. The van der Waals surface area contributed by atoms with Crippen LogP contribution in [0.25, 0.3) is 0 Å². The van der Waals surface area contributed by atoms with E-state index in [0.717, 1.165) is 0 Å². The van der Waals surface area contributed by atoms with Gasteiger partial charge < -0.3 is 10.4 Å². The van der Waals surface area contributed by atoms with E-state index in [2.05, 4.69) is 11.2 Å². The Labute approximate surface area is 97.2 Å². The first-order chi connectivity index (χ1) is 7.45. The molecule has 82 valence electrons. The van der Waals surface area contributed by atoms with E-state index >= 15 is 0 Å². The summed E-state index contributed by atoms with van der Waals surface area (Å²) >= 11 is 5.71. The Morgan fingerprint density at radius 2 is 2.12 bits per heavy atom. The fourth-order valence-electron chi connectivity index (χ4n) is 1.20. The van der Waals surface area contributed by atoms with Crippen molar-refractivity contribution in [2.24, 2.45) is 0 Å². The number of benzene rings is 1. The van der Waals surface area contributed by atoms with E-state index in [1.165, 1.54) is 19.1 Å². The van der Waals surface area contributed by atoms with Gasteiger partial charge in [0.2, 0.25) is 5.91 Å². The van der Waals surface area contributed by atoms with E-state index in [0.29, 0.717) is 0 Å². The van der Waals surface area contributed by atoms with Crippen molar-refractivity contribution in [2.75, 3.05) is 5.32 Å². The van der Waals surface area contributed by atoms with E-state index < -0.39 is 11.9 Å². The predicted octanol–water partition coefficient (Wildman–Crippen LogP) is 1.98. The van der Waals surface area contributed by atoms with Crippen molar-refractivity contribution in [1.29, 1.82) is 0 Å². The average Bonchev–Trinajstić information content (AvgIpc) is 2.19. The van der Waals surface area contributed by atoms with Gasteiger partial charge in [-0.2, -0.15) is 0 Å². The maximum Gasteiger partial charge on any atom is 0.337 e. The molecule has 2 N–H and O–H groups in total. The Morgan fingerprint density at radius 1 is 1.50 bits per heavy atom. The number of carbonyl (C=O) groups is 2. The summed E-state index contributed by atoms with van der Waals surface area (Å²) in [4.78, 5) is 21.9. The lowest BCUT2D eigenvalue weighted by Gasteiger charge is -2.09. The fraction of sp³-hybridized carbons (Fsp3) is 0.0909. The standard InChI is InChI=1S/C11H8ClNO3/c1-3-7-4-8(12)5-9(11(15)16)10(7)13-6(2)14/h1,4-5H,2H3,(H,13,14)(H,15,16). The summed E-state index contributed by atoms with van der Waals surface area (Å²) in [5.74, 6) is 0.667. The molecule has 0 aromatic heterocycles. The molecule has 1 amide bonds. The molecule has 0 heterocycles. The zero-order chi connectivity index (χ0) is 12.3. The Hall–Kier alpha value is -1.99. The summed E-state index contributed by atoms with van der Waals surface area (Å²) in [6.45, 7) is 1.26. The van der Waals surface area contributed by atoms with Crippen molar-refractivity contribution in [3.05, 3.63) is 28.3 Å². The van der Waals surface area contributed by atoms with Gasteiger partial charge in [-0.15, -0.1) is 6.42 Å². The van der Waals surface area contributed by atoms with Gasteiger partial charge >= 0.3 is 5.97 Å². The highest BCUT2D eigenvalue weighted by atomic mass is 35.5. The largest absolute Gasteiger partial charge is 0.478 e. The minimum absolute atomic E-state index is 0.0897. The number of aromatic carboxylic acids is 1. The molecule has 0 aliphatic heterocycles. The molecule has 0 saturated carbocycles. The van der Waals surface area contributed by atoms with Crippen molar-refractivity contribution in [2.45, 2.75) is 6.92 Å². The predicted molar refractivity (Wildman–Crippen MR) is 60.7 cm³/mol. The van der Waals surface area contributed by atoms with Gasteiger partial charge in [0, 0.05) is 11.9 Å². The first-order valence-corrected chi connectivity index (χ1v) is 4.64. The number of carboxylic acids is 1. The number of nitrogens with one attached hydrogen (secondary N) is 1. The molecule has 4 nitrogen and oxygen atoms in total. The molecule has 5 heteroatoms. The first kappa shape index (κ1) is 12.1. The van der Waals surface area contributed by atoms with Crippen molar-refractivity contribution in [3.63, 3.8) is 0 Å². The summed E-state index contributed by atoms with van der Waals surface area (Å²) in [5, 5.41) is 11.5. The Balaban J connectivity index is 3.46. The fourth-order valence-corrected chi connectivity index (χ4v) is 1.42. The van der Waals surface area contributed by atoms with Gasteiger partial charge in [0.05, 0.1) is 16.8 Å². The van der Waals surface area contributed by atoms with Crippen molar-refractivity contribution in [3.8, 4) is 12.3 Å². The molecule has 1 aromatic rings. The van der Waals surface area contributed by atoms with Crippen LogP contribution < -0.4 is 5.32 Å².